The van der Waals surface area contributed by atoms with Crippen LogP contribution in [0, 0.1) is 5.92 Å². The van der Waals surface area contributed by atoms with E-state index in [0.29, 0.717) is 5.92 Å². The van der Waals surface area contributed by atoms with Gasteiger partial charge in [0.05, 0.1) is 12.1 Å². The van der Waals surface area contributed by atoms with Crippen LogP contribution >= 0.6 is 11.8 Å². The Morgan fingerprint density at radius 1 is 1.62 bits per heavy atom. The van der Waals surface area contributed by atoms with Gasteiger partial charge in [-0.3, -0.25) is 4.79 Å². The summed E-state index contributed by atoms with van der Waals surface area (Å²) in [6.07, 6.45) is 1.35. The van der Waals surface area contributed by atoms with Crippen molar-refractivity contribution in [2.75, 3.05) is 31.2 Å². The summed E-state index contributed by atoms with van der Waals surface area (Å²) in [5, 5.41) is 6.27. The highest BCUT2D eigenvalue weighted by Crippen LogP contribution is 2.19. The van der Waals surface area contributed by atoms with Crippen LogP contribution in [0.1, 0.15) is 13.3 Å². The highest BCUT2D eigenvalue weighted by Gasteiger charge is 2.26. The molecule has 5 heteroatoms. The third-order valence-electron chi connectivity index (χ3n) is 3.31. The van der Waals surface area contributed by atoms with Crippen molar-refractivity contribution in [3.8, 4) is 0 Å². The van der Waals surface area contributed by atoms with Crippen LogP contribution in [-0.4, -0.2) is 49.3 Å². The SMILES string of the molecule is CC1OCCC1CNC(=O)C1CSCCN1. The summed E-state index contributed by atoms with van der Waals surface area (Å²) < 4.78 is 5.47. The first-order valence-corrected chi connectivity index (χ1v) is 7.13. The molecule has 0 aromatic rings. The zero-order chi connectivity index (χ0) is 11.4. The summed E-state index contributed by atoms with van der Waals surface area (Å²) in [7, 11) is 0. The molecule has 92 valence electrons. The Bertz CT molecular complexity index is 244. The Hall–Kier alpha value is -0.260. The molecule has 2 heterocycles. The largest absolute Gasteiger partial charge is 0.378 e. The molecule has 2 N–H and O–H groups in total. The lowest BCUT2D eigenvalue weighted by Gasteiger charge is -2.23. The van der Waals surface area contributed by atoms with Gasteiger partial charge in [0, 0.05) is 37.1 Å². The third kappa shape index (κ3) is 3.12. The van der Waals surface area contributed by atoms with Gasteiger partial charge in [-0.05, 0) is 13.3 Å². The number of nitrogens with one attached hydrogen (secondary N) is 2. The van der Waals surface area contributed by atoms with E-state index < -0.39 is 0 Å². The topological polar surface area (TPSA) is 50.4 Å². The van der Waals surface area contributed by atoms with Crippen LogP contribution in [0.4, 0.5) is 0 Å². The molecule has 2 saturated heterocycles. The zero-order valence-corrected chi connectivity index (χ0v) is 10.5. The Kier molecular flexibility index (Phi) is 4.49. The maximum absolute atomic E-state index is 11.8. The molecule has 3 unspecified atom stereocenters. The minimum Gasteiger partial charge on any atom is -0.378 e. The number of amides is 1. The number of thioether (sulfide) groups is 1. The molecule has 0 aliphatic carbocycles. The van der Waals surface area contributed by atoms with Gasteiger partial charge < -0.3 is 15.4 Å². The third-order valence-corrected chi connectivity index (χ3v) is 4.37. The lowest BCUT2D eigenvalue weighted by molar-refractivity contribution is -0.122. The molecule has 16 heavy (non-hydrogen) atoms. The predicted octanol–water partition coefficient (Wildman–Crippen LogP) is 0.233. The van der Waals surface area contributed by atoms with Crippen LogP contribution in [0.15, 0.2) is 0 Å². The van der Waals surface area contributed by atoms with Gasteiger partial charge >= 0.3 is 0 Å². The van der Waals surface area contributed by atoms with E-state index in [4.69, 9.17) is 4.74 Å². The molecule has 1 amide bonds. The normalized spacial score (nSPS) is 34.9. The minimum atomic E-state index is -0.00335. The molecule has 0 radical (unpaired) electrons. The number of carbonyl (C=O) groups excluding carboxylic acids is 1. The van der Waals surface area contributed by atoms with Gasteiger partial charge in [0.25, 0.3) is 0 Å². The maximum atomic E-state index is 11.8. The Balaban J connectivity index is 1.70. The summed E-state index contributed by atoms with van der Waals surface area (Å²) in [5.74, 6) is 2.63. The summed E-state index contributed by atoms with van der Waals surface area (Å²) in [5.41, 5.74) is 0. The van der Waals surface area contributed by atoms with E-state index in [-0.39, 0.29) is 18.1 Å². The summed E-state index contributed by atoms with van der Waals surface area (Å²) in [6, 6.07) is -0.00335. The molecule has 2 fully saturated rings. The van der Waals surface area contributed by atoms with Crippen LogP contribution < -0.4 is 10.6 Å². The van der Waals surface area contributed by atoms with Crippen molar-refractivity contribution < 1.29 is 9.53 Å². The Labute approximate surface area is 101 Å². The lowest BCUT2D eigenvalue weighted by atomic mass is 10.0. The fraction of sp³-hybridized carbons (Fsp3) is 0.909. The van der Waals surface area contributed by atoms with Crippen LogP contribution in [0.2, 0.25) is 0 Å². The van der Waals surface area contributed by atoms with Crippen molar-refractivity contribution in [2.24, 2.45) is 5.92 Å². The average Bonchev–Trinajstić information content (AvgIpc) is 2.73. The molecule has 0 spiro atoms. The molecule has 0 aromatic carbocycles. The van der Waals surface area contributed by atoms with Gasteiger partial charge in [-0.2, -0.15) is 11.8 Å². The number of rotatable bonds is 3. The van der Waals surface area contributed by atoms with Gasteiger partial charge in [-0.25, -0.2) is 0 Å². The Morgan fingerprint density at radius 3 is 3.12 bits per heavy atom. The van der Waals surface area contributed by atoms with Gasteiger partial charge in [-0.15, -0.1) is 0 Å². The fourth-order valence-electron chi connectivity index (χ4n) is 2.13. The van der Waals surface area contributed by atoms with Gasteiger partial charge in [0.1, 0.15) is 0 Å². The predicted molar refractivity (Wildman–Crippen MR) is 65.6 cm³/mol. The van der Waals surface area contributed by atoms with Crippen LogP contribution in [0.5, 0.6) is 0 Å². The highest BCUT2D eigenvalue weighted by molar-refractivity contribution is 7.99. The van der Waals surface area contributed by atoms with Crippen molar-refractivity contribution in [1.82, 2.24) is 10.6 Å². The van der Waals surface area contributed by atoms with Crippen molar-refractivity contribution >= 4 is 17.7 Å². The zero-order valence-electron chi connectivity index (χ0n) is 9.70. The molecular weight excluding hydrogens is 224 g/mol. The van der Waals surface area contributed by atoms with E-state index in [1.807, 2.05) is 11.8 Å². The first kappa shape index (κ1) is 12.2. The monoisotopic (exact) mass is 244 g/mol. The van der Waals surface area contributed by atoms with E-state index in [2.05, 4.69) is 17.6 Å². The molecule has 0 bridgehead atoms. The van der Waals surface area contributed by atoms with Gasteiger partial charge in [0.2, 0.25) is 5.91 Å². The average molecular weight is 244 g/mol. The summed E-state index contributed by atoms with van der Waals surface area (Å²) >= 11 is 1.84. The van der Waals surface area contributed by atoms with E-state index in [9.17, 15) is 4.79 Å². The minimum absolute atomic E-state index is 0.00335. The molecule has 3 atom stereocenters. The van der Waals surface area contributed by atoms with Gasteiger partial charge in [0.15, 0.2) is 0 Å². The molecule has 4 nitrogen and oxygen atoms in total. The fourth-order valence-corrected chi connectivity index (χ4v) is 3.07. The van der Waals surface area contributed by atoms with E-state index >= 15 is 0 Å². The van der Waals surface area contributed by atoms with Crippen LogP contribution in [0.3, 0.4) is 0 Å². The van der Waals surface area contributed by atoms with Crippen molar-refractivity contribution in [1.29, 1.82) is 0 Å². The molecule has 2 aliphatic rings. The van der Waals surface area contributed by atoms with Crippen molar-refractivity contribution in [2.45, 2.75) is 25.5 Å². The standard InChI is InChI=1S/C11H20N2O2S/c1-8-9(2-4-15-8)6-13-11(14)10-7-16-5-3-12-10/h8-10,12H,2-7H2,1H3,(H,13,14). The van der Waals surface area contributed by atoms with Crippen molar-refractivity contribution in [3.05, 3.63) is 0 Å². The van der Waals surface area contributed by atoms with E-state index in [1.54, 1.807) is 0 Å². The van der Waals surface area contributed by atoms with Crippen molar-refractivity contribution in [3.63, 3.8) is 0 Å². The quantitative estimate of drug-likeness (QED) is 0.746. The summed E-state index contributed by atoms with van der Waals surface area (Å²) in [4.78, 5) is 11.8. The molecule has 2 aliphatic heterocycles. The highest BCUT2D eigenvalue weighted by atomic mass is 32.2. The number of hydrogen-bond acceptors (Lipinski definition) is 4. The second-order valence-electron chi connectivity index (χ2n) is 4.45. The summed E-state index contributed by atoms with van der Waals surface area (Å²) in [6.45, 7) is 4.60. The number of carbonyl (C=O) groups is 1. The first-order chi connectivity index (χ1) is 7.77. The van der Waals surface area contributed by atoms with Gasteiger partial charge in [-0.1, -0.05) is 0 Å². The molecule has 0 saturated carbocycles. The second-order valence-corrected chi connectivity index (χ2v) is 5.60. The molecular formula is C11H20N2O2S. The lowest BCUT2D eigenvalue weighted by Crippen LogP contribution is -2.50. The van der Waals surface area contributed by atoms with Crippen LogP contribution in [-0.2, 0) is 9.53 Å². The first-order valence-electron chi connectivity index (χ1n) is 5.98. The second kappa shape index (κ2) is 5.89. The molecule has 0 aromatic heterocycles. The maximum Gasteiger partial charge on any atom is 0.238 e. The smallest absolute Gasteiger partial charge is 0.238 e. The number of hydrogen-bond donors (Lipinski definition) is 2. The Morgan fingerprint density at radius 2 is 2.50 bits per heavy atom. The van der Waals surface area contributed by atoms with Crippen LogP contribution in [0.25, 0.3) is 0 Å². The van der Waals surface area contributed by atoms with E-state index in [0.717, 1.165) is 37.6 Å². The van der Waals surface area contributed by atoms with E-state index in [1.165, 1.54) is 0 Å². The number of ether oxygens (including phenoxy) is 1. The molecule has 2 rings (SSSR count).